The highest BCUT2D eigenvalue weighted by atomic mass is 35.5. The van der Waals surface area contributed by atoms with Gasteiger partial charge < -0.3 is 14.6 Å². The van der Waals surface area contributed by atoms with E-state index >= 15 is 0 Å². The summed E-state index contributed by atoms with van der Waals surface area (Å²) in [6.45, 7) is 1.87. The summed E-state index contributed by atoms with van der Waals surface area (Å²) < 4.78 is 62.3. The maximum atomic E-state index is 14.3. The zero-order valence-corrected chi connectivity index (χ0v) is 18.3. The number of nitrogens with one attached hydrogen (secondary N) is 1. The van der Waals surface area contributed by atoms with Crippen molar-refractivity contribution >= 4 is 23.2 Å². The van der Waals surface area contributed by atoms with Crippen LogP contribution in [0.15, 0.2) is 42.9 Å². The maximum absolute atomic E-state index is 14.3. The second kappa shape index (κ2) is 8.39. The minimum Gasteiger partial charge on any atom is -0.495 e. The summed E-state index contributed by atoms with van der Waals surface area (Å²) in [5.74, 6) is -0.130. The van der Waals surface area contributed by atoms with E-state index in [2.05, 4.69) is 20.4 Å². The number of alkyl halides is 3. The van der Waals surface area contributed by atoms with Crippen molar-refractivity contribution < 1.29 is 22.3 Å². The Balaban J connectivity index is 1.67. The van der Waals surface area contributed by atoms with Gasteiger partial charge in [-0.2, -0.15) is 18.2 Å². The van der Waals surface area contributed by atoms with Gasteiger partial charge in [0.2, 0.25) is 5.95 Å². The molecule has 2 aromatic heterocycles. The summed E-state index contributed by atoms with van der Waals surface area (Å²) in [5.41, 5.74) is 0.580. The van der Waals surface area contributed by atoms with E-state index in [9.17, 15) is 17.6 Å². The first-order valence-electron chi connectivity index (χ1n) is 9.50. The smallest absolute Gasteiger partial charge is 0.417 e. The molecule has 0 spiro atoms. The number of aryl methyl sites for hydroxylation is 2. The fourth-order valence-corrected chi connectivity index (χ4v) is 3.44. The minimum atomic E-state index is -4.74. The van der Waals surface area contributed by atoms with Gasteiger partial charge in [0.25, 0.3) is 0 Å². The molecule has 4 aromatic rings. The van der Waals surface area contributed by atoms with Crippen LogP contribution in [0.1, 0.15) is 11.3 Å². The van der Waals surface area contributed by atoms with E-state index in [1.165, 1.54) is 18.8 Å². The summed E-state index contributed by atoms with van der Waals surface area (Å²) in [5, 5.41) is 6.09. The molecule has 0 aliphatic carbocycles. The second-order valence-electron chi connectivity index (χ2n) is 7.13. The molecule has 0 saturated carbocycles. The van der Waals surface area contributed by atoms with Crippen LogP contribution in [0.2, 0.25) is 5.02 Å². The summed E-state index contributed by atoms with van der Waals surface area (Å²) in [6, 6.07) is 6.47. The van der Waals surface area contributed by atoms with Gasteiger partial charge in [0, 0.05) is 18.8 Å². The summed E-state index contributed by atoms with van der Waals surface area (Å²) in [7, 11) is 3.05. The Morgan fingerprint density at radius 2 is 1.91 bits per heavy atom. The van der Waals surface area contributed by atoms with Gasteiger partial charge in [-0.05, 0) is 37.3 Å². The number of nitrogens with zero attached hydrogens (tertiary/aromatic N) is 5. The average molecular weight is 481 g/mol. The Labute approximate surface area is 190 Å². The molecule has 0 aliphatic heterocycles. The molecule has 0 saturated heterocycles. The first kappa shape index (κ1) is 22.6. The molecular formula is C21H17ClF4N6O. The molecule has 0 amide bonds. The molecule has 172 valence electrons. The van der Waals surface area contributed by atoms with Crippen molar-refractivity contribution in [1.29, 1.82) is 0 Å². The predicted molar refractivity (Wildman–Crippen MR) is 115 cm³/mol. The fraction of sp³-hybridized carbons (Fsp3) is 0.190. The van der Waals surface area contributed by atoms with Crippen molar-refractivity contribution in [3.8, 4) is 22.8 Å². The molecule has 33 heavy (non-hydrogen) atoms. The van der Waals surface area contributed by atoms with E-state index in [1.54, 1.807) is 29.1 Å². The Morgan fingerprint density at radius 1 is 1.15 bits per heavy atom. The summed E-state index contributed by atoms with van der Waals surface area (Å²) in [6.07, 6.45) is -1.24. The van der Waals surface area contributed by atoms with Gasteiger partial charge in [-0.25, -0.2) is 14.1 Å². The molecule has 0 radical (unpaired) electrons. The standard InChI is InChI=1S/C21H17ClF4N6O/c1-11-9-32(10-27-11)17-5-4-12(6-18(17)33-3)19-29-20(31(2)30-19)28-16-7-13(21(24,25)26)14(22)8-15(16)23/h4-10H,1-3H3,(H,28,29,30). The van der Waals surface area contributed by atoms with E-state index in [4.69, 9.17) is 16.3 Å². The van der Waals surface area contributed by atoms with Crippen molar-refractivity contribution in [2.24, 2.45) is 7.05 Å². The molecule has 0 atom stereocenters. The Kier molecular flexibility index (Phi) is 5.75. The van der Waals surface area contributed by atoms with E-state index in [1.807, 2.05) is 13.1 Å². The maximum Gasteiger partial charge on any atom is 0.417 e. The van der Waals surface area contributed by atoms with Crippen molar-refractivity contribution in [2.75, 3.05) is 12.4 Å². The van der Waals surface area contributed by atoms with Crippen LogP contribution in [-0.4, -0.2) is 31.4 Å². The molecule has 0 aliphatic rings. The van der Waals surface area contributed by atoms with Crippen LogP contribution >= 0.6 is 11.6 Å². The van der Waals surface area contributed by atoms with Crippen LogP contribution < -0.4 is 10.1 Å². The fourth-order valence-electron chi connectivity index (χ4n) is 3.18. The number of hydrogen-bond acceptors (Lipinski definition) is 5. The SMILES string of the molecule is COc1cc(-c2nc(Nc3cc(C(F)(F)F)c(Cl)cc3F)n(C)n2)ccc1-n1cnc(C)c1. The molecule has 4 rings (SSSR count). The highest BCUT2D eigenvalue weighted by Crippen LogP contribution is 2.38. The highest BCUT2D eigenvalue weighted by molar-refractivity contribution is 6.31. The summed E-state index contributed by atoms with van der Waals surface area (Å²) in [4.78, 5) is 8.50. The Morgan fingerprint density at radius 3 is 2.55 bits per heavy atom. The predicted octanol–water partition coefficient (Wildman–Crippen LogP) is 5.54. The van der Waals surface area contributed by atoms with E-state index < -0.39 is 28.3 Å². The molecule has 12 heteroatoms. The summed E-state index contributed by atoms with van der Waals surface area (Å²) >= 11 is 5.55. The highest BCUT2D eigenvalue weighted by Gasteiger charge is 2.34. The van der Waals surface area contributed by atoms with E-state index in [0.717, 1.165) is 11.4 Å². The number of aromatic nitrogens is 5. The van der Waals surface area contributed by atoms with Gasteiger partial charge in [0.15, 0.2) is 5.82 Å². The zero-order chi connectivity index (χ0) is 23.9. The molecule has 2 aromatic carbocycles. The number of rotatable bonds is 5. The number of benzene rings is 2. The molecule has 2 heterocycles. The largest absolute Gasteiger partial charge is 0.495 e. The number of ether oxygens (including phenoxy) is 1. The molecule has 0 fully saturated rings. The quantitative estimate of drug-likeness (QED) is 0.380. The third-order valence-electron chi connectivity index (χ3n) is 4.80. The van der Waals surface area contributed by atoms with E-state index in [0.29, 0.717) is 23.4 Å². The van der Waals surface area contributed by atoms with Crippen LogP contribution in [0.25, 0.3) is 17.1 Å². The van der Waals surface area contributed by atoms with Gasteiger partial charge in [-0.1, -0.05) is 11.6 Å². The topological polar surface area (TPSA) is 69.8 Å². The third-order valence-corrected chi connectivity index (χ3v) is 5.11. The van der Waals surface area contributed by atoms with Gasteiger partial charge >= 0.3 is 6.18 Å². The lowest BCUT2D eigenvalue weighted by Crippen LogP contribution is -2.09. The molecule has 7 nitrogen and oxygen atoms in total. The third kappa shape index (κ3) is 4.49. The molecule has 0 bridgehead atoms. The first-order chi connectivity index (χ1) is 15.6. The van der Waals surface area contributed by atoms with Crippen molar-refractivity contribution in [1.82, 2.24) is 24.3 Å². The van der Waals surface area contributed by atoms with Crippen LogP contribution in [0.5, 0.6) is 5.75 Å². The second-order valence-corrected chi connectivity index (χ2v) is 7.53. The number of imidazole rings is 1. The Hall–Kier alpha value is -3.60. The first-order valence-corrected chi connectivity index (χ1v) is 9.88. The number of hydrogen-bond donors (Lipinski definition) is 1. The van der Waals surface area contributed by atoms with Crippen LogP contribution in [0, 0.1) is 12.7 Å². The van der Waals surface area contributed by atoms with Crippen LogP contribution in [0.4, 0.5) is 29.2 Å². The van der Waals surface area contributed by atoms with Gasteiger partial charge in [0.1, 0.15) is 11.6 Å². The lowest BCUT2D eigenvalue weighted by molar-refractivity contribution is -0.137. The zero-order valence-electron chi connectivity index (χ0n) is 17.6. The van der Waals surface area contributed by atoms with Gasteiger partial charge in [-0.15, -0.1) is 5.10 Å². The van der Waals surface area contributed by atoms with Crippen molar-refractivity contribution in [3.63, 3.8) is 0 Å². The number of methoxy groups -OCH3 is 1. The van der Waals surface area contributed by atoms with Crippen molar-refractivity contribution in [3.05, 3.63) is 65.0 Å². The number of halogens is 5. The van der Waals surface area contributed by atoms with E-state index in [-0.39, 0.29) is 11.8 Å². The lowest BCUT2D eigenvalue weighted by atomic mass is 10.1. The minimum absolute atomic E-state index is 0.0348. The van der Waals surface area contributed by atoms with Gasteiger partial charge in [-0.3, -0.25) is 0 Å². The monoisotopic (exact) mass is 480 g/mol. The Bertz CT molecular complexity index is 1330. The van der Waals surface area contributed by atoms with Crippen molar-refractivity contribution in [2.45, 2.75) is 13.1 Å². The molecule has 0 unspecified atom stereocenters. The molecular weight excluding hydrogens is 464 g/mol. The lowest BCUT2D eigenvalue weighted by Gasteiger charge is -2.12. The molecule has 1 N–H and O–H groups in total. The van der Waals surface area contributed by atoms with Crippen LogP contribution in [-0.2, 0) is 13.2 Å². The normalized spacial score (nSPS) is 11.6. The van der Waals surface area contributed by atoms with Gasteiger partial charge in [0.05, 0.1) is 41.1 Å². The van der Waals surface area contributed by atoms with Crippen LogP contribution in [0.3, 0.4) is 0 Å². The number of anilines is 2. The average Bonchev–Trinajstić information content (AvgIpc) is 3.34.